The molecule has 6 nitrogen and oxygen atoms in total. The molecule has 32 heavy (non-hydrogen) atoms. The summed E-state index contributed by atoms with van der Waals surface area (Å²) in [6, 6.07) is 19.3. The molecule has 1 saturated heterocycles. The van der Waals surface area contributed by atoms with E-state index in [0.717, 1.165) is 24.3 Å². The summed E-state index contributed by atoms with van der Waals surface area (Å²) in [5, 5.41) is 2.87. The SMILES string of the molecule is O=C(Cc1ccccc1)Nc1ccc(N2CCCN(C(=O)c3ccccc3F)CC2)nc1. The van der Waals surface area contributed by atoms with Gasteiger partial charge >= 0.3 is 0 Å². The Morgan fingerprint density at radius 2 is 1.69 bits per heavy atom. The highest BCUT2D eigenvalue weighted by Crippen LogP contribution is 2.18. The normalized spacial score (nSPS) is 14.0. The van der Waals surface area contributed by atoms with Gasteiger partial charge in [-0.3, -0.25) is 9.59 Å². The van der Waals surface area contributed by atoms with Crippen molar-refractivity contribution in [3.63, 3.8) is 0 Å². The Bertz CT molecular complexity index is 1070. The van der Waals surface area contributed by atoms with E-state index in [0.29, 0.717) is 31.7 Å². The summed E-state index contributed by atoms with van der Waals surface area (Å²) in [4.78, 5) is 33.2. The van der Waals surface area contributed by atoms with Gasteiger partial charge in [-0.2, -0.15) is 0 Å². The number of pyridine rings is 1. The lowest BCUT2D eigenvalue weighted by molar-refractivity contribution is -0.115. The predicted octanol–water partition coefficient (Wildman–Crippen LogP) is 3.75. The van der Waals surface area contributed by atoms with Crippen LogP contribution in [0.2, 0.25) is 0 Å². The summed E-state index contributed by atoms with van der Waals surface area (Å²) < 4.78 is 14.0. The van der Waals surface area contributed by atoms with E-state index in [2.05, 4.69) is 15.2 Å². The number of nitrogens with zero attached hydrogens (tertiary/aromatic N) is 3. The zero-order valence-electron chi connectivity index (χ0n) is 17.7. The molecule has 2 aromatic carbocycles. The molecular formula is C25H25FN4O2. The average molecular weight is 432 g/mol. The molecule has 0 saturated carbocycles. The summed E-state index contributed by atoms with van der Waals surface area (Å²) in [7, 11) is 0. The molecule has 0 atom stereocenters. The van der Waals surface area contributed by atoms with Gasteiger partial charge in [-0.15, -0.1) is 0 Å². The van der Waals surface area contributed by atoms with Crippen LogP contribution in [-0.4, -0.2) is 47.9 Å². The largest absolute Gasteiger partial charge is 0.355 e. The van der Waals surface area contributed by atoms with Gasteiger partial charge in [0, 0.05) is 26.2 Å². The van der Waals surface area contributed by atoms with Crippen LogP contribution in [0.4, 0.5) is 15.9 Å². The second kappa shape index (κ2) is 10.0. The van der Waals surface area contributed by atoms with E-state index in [4.69, 9.17) is 0 Å². The Morgan fingerprint density at radius 3 is 2.44 bits per heavy atom. The molecule has 1 N–H and O–H groups in total. The van der Waals surface area contributed by atoms with E-state index >= 15 is 0 Å². The number of benzene rings is 2. The second-order valence-electron chi connectivity index (χ2n) is 7.73. The van der Waals surface area contributed by atoms with Crippen molar-refractivity contribution in [3.8, 4) is 0 Å². The van der Waals surface area contributed by atoms with Crippen molar-refractivity contribution in [2.24, 2.45) is 0 Å². The number of carbonyl (C=O) groups is 2. The number of aromatic nitrogens is 1. The minimum atomic E-state index is -0.495. The van der Waals surface area contributed by atoms with Gasteiger partial charge in [0.05, 0.1) is 23.9 Å². The van der Waals surface area contributed by atoms with E-state index in [9.17, 15) is 14.0 Å². The lowest BCUT2D eigenvalue weighted by Gasteiger charge is -2.23. The van der Waals surface area contributed by atoms with Crippen LogP contribution in [0, 0.1) is 5.82 Å². The van der Waals surface area contributed by atoms with Crippen molar-refractivity contribution in [1.82, 2.24) is 9.88 Å². The maximum absolute atomic E-state index is 14.0. The summed E-state index contributed by atoms with van der Waals surface area (Å²) in [6.07, 6.45) is 2.71. The monoisotopic (exact) mass is 432 g/mol. The quantitative estimate of drug-likeness (QED) is 0.667. The van der Waals surface area contributed by atoms with Crippen LogP contribution in [0.3, 0.4) is 0 Å². The molecule has 7 heteroatoms. The molecule has 1 aromatic heterocycles. The molecule has 0 spiro atoms. The lowest BCUT2D eigenvalue weighted by Crippen LogP contribution is -2.35. The van der Waals surface area contributed by atoms with Crippen molar-refractivity contribution in [3.05, 3.63) is 89.9 Å². The van der Waals surface area contributed by atoms with E-state index in [1.807, 2.05) is 42.5 Å². The summed E-state index contributed by atoms with van der Waals surface area (Å²) in [6.45, 7) is 2.41. The highest BCUT2D eigenvalue weighted by Gasteiger charge is 2.22. The van der Waals surface area contributed by atoms with Gasteiger partial charge in [0.15, 0.2) is 0 Å². The molecule has 2 heterocycles. The molecule has 0 bridgehead atoms. The smallest absolute Gasteiger partial charge is 0.256 e. The number of carbonyl (C=O) groups excluding carboxylic acids is 2. The highest BCUT2D eigenvalue weighted by molar-refractivity contribution is 5.94. The van der Waals surface area contributed by atoms with Crippen LogP contribution >= 0.6 is 0 Å². The molecule has 1 fully saturated rings. The number of hydrogen-bond donors (Lipinski definition) is 1. The van der Waals surface area contributed by atoms with Crippen LogP contribution in [-0.2, 0) is 11.2 Å². The first kappa shape index (κ1) is 21.5. The Kier molecular flexibility index (Phi) is 6.75. The summed E-state index contributed by atoms with van der Waals surface area (Å²) >= 11 is 0. The fraction of sp³-hybridized carbons (Fsp3) is 0.240. The number of nitrogens with one attached hydrogen (secondary N) is 1. The van der Waals surface area contributed by atoms with E-state index < -0.39 is 5.82 Å². The van der Waals surface area contributed by atoms with Crippen molar-refractivity contribution in [2.45, 2.75) is 12.8 Å². The molecule has 0 unspecified atom stereocenters. The van der Waals surface area contributed by atoms with E-state index in [-0.39, 0.29) is 17.4 Å². The van der Waals surface area contributed by atoms with E-state index in [1.165, 1.54) is 12.1 Å². The van der Waals surface area contributed by atoms with Gasteiger partial charge < -0.3 is 15.1 Å². The molecule has 0 radical (unpaired) electrons. The zero-order chi connectivity index (χ0) is 22.3. The van der Waals surface area contributed by atoms with Crippen LogP contribution in [0.1, 0.15) is 22.3 Å². The minimum Gasteiger partial charge on any atom is -0.355 e. The maximum atomic E-state index is 14.0. The van der Waals surface area contributed by atoms with Gasteiger partial charge in [0.1, 0.15) is 11.6 Å². The number of rotatable bonds is 5. The number of hydrogen-bond acceptors (Lipinski definition) is 4. The zero-order valence-corrected chi connectivity index (χ0v) is 17.7. The highest BCUT2D eigenvalue weighted by atomic mass is 19.1. The summed E-state index contributed by atoms with van der Waals surface area (Å²) in [5.74, 6) is -0.0892. The van der Waals surface area contributed by atoms with Crippen molar-refractivity contribution in [2.75, 3.05) is 36.4 Å². The van der Waals surface area contributed by atoms with Crippen LogP contribution in [0.5, 0.6) is 0 Å². The van der Waals surface area contributed by atoms with Gasteiger partial charge in [-0.05, 0) is 36.2 Å². The molecular weight excluding hydrogens is 407 g/mol. The lowest BCUT2D eigenvalue weighted by atomic mass is 10.1. The fourth-order valence-corrected chi connectivity index (χ4v) is 3.79. The molecule has 0 aliphatic carbocycles. The van der Waals surface area contributed by atoms with Crippen LogP contribution in [0.25, 0.3) is 0 Å². The van der Waals surface area contributed by atoms with Crippen molar-refractivity contribution in [1.29, 1.82) is 0 Å². The van der Waals surface area contributed by atoms with Gasteiger partial charge in [0.25, 0.3) is 5.91 Å². The topological polar surface area (TPSA) is 65.5 Å². The third kappa shape index (κ3) is 5.29. The standard InChI is InChI=1S/C25H25FN4O2/c26-22-10-5-4-9-21(22)25(32)30-14-6-13-29(15-16-30)23-12-11-20(18-27-23)28-24(31)17-19-7-2-1-3-8-19/h1-5,7-12,18H,6,13-17H2,(H,28,31). The minimum absolute atomic E-state index is 0.0946. The summed E-state index contributed by atoms with van der Waals surface area (Å²) in [5.41, 5.74) is 1.70. The predicted molar refractivity (Wildman–Crippen MR) is 122 cm³/mol. The Balaban J connectivity index is 1.34. The Labute approximate surface area is 186 Å². The first-order valence-electron chi connectivity index (χ1n) is 10.7. The number of halogens is 1. The molecule has 4 rings (SSSR count). The third-order valence-electron chi connectivity index (χ3n) is 5.45. The maximum Gasteiger partial charge on any atom is 0.256 e. The average Bonchev–Trinajstić information content (AvgIpc) is 3.06. The van der Waals surface area contributed by atoms with Gasteiger partial charge in [-0.25, -0.2) is 9.37 Å². The third-order valence-corrected chi connectivity index (χ3v) is 5.45. The molecule has 1 aliphatic rings. The van der Waals surface area contributed by atoms with Crippen LogP contribution < -0.4 is 10.2 Å². The Hall–Kier alpha value is -3.74. The fourth-order valence-electron chi connectivity index (χ4n) is 3.79. The molecule has 1 aliphatic heterocycles. The van der Waals surface area contributed by atoms with Gasteiger partial charge in [-0.1, -0.05) is 42.5 Å². The van der Waals surface area contributed by atoms with E-state index in [1.54, 1.807) is 23.2 Å². The first-order valence-corrected chi connectivity index (χ1v) is 10.7. The van der Waals surface area contributed by atoms with Crippen LogP contribution in [0.15, 0.2) is 72.9 Å². The molecule has 164 valence electrons. The van der Waals surface area contributed by atoms with Gasteiger partial charge in [0.2, 0.25) is 5.91 Å². The number of anilines is 2. The Morgan fingerprint density at radius 1 is 0.906 bits per heavy atom. The van der Waals surface area contributed by atoms with Crippen molar-refractivity contribution < 1.29 is 14.0 Å². The molecule has 2 amide bonds. The number of amides is 2. The first-order chi connectivity index (χ1) is 15.6. The molecule has 3 aromatic rings. The van der Waals surface area contributed by atoms with Crippen molar-refractivity contribution >= 4 is 23.3 Å². The second-order valence-corrected chi connectivity index (χ2v) is 7.73.